The van der Waals surface area contributed by atoms with Crippen LogP contribution >= 0.6 is 11.3 Å². The Morgan fingerprint density at radius 3 is 3.00 bits per heavy atom. The topological polar surface area (TPSA) is 51.7 Å². The highest BCUT2D eigenvalue weighted by atomic mass is 32.1. The summed E-state index contributed by atoms with van der Waals surface area (Å²) in [6, 6.07) is 10.2. The summed E-state index contributed by atoms with van der Waals surface area (Å²) in [6.45, 7) is 2.59. The summed E-state index contributed by atoms with van der Waals surface area (Å²) in [4.78, 5) is 18.7. The Balaban J connectivity index is 1.46. The van der Waals surface area contributed by atoms with Crippen LogP contribution in [0.1, 0.15) is 35.3 Å². The number of benzene rings is 1. The molecule has 1 spiro atoms. The van der Waals surface area contributed by atoms with Crippen LogP contribution in [0.2, 0.25) is 0 Å². The molecule has 2 saturated heterocycles. The van der Waals surface area contributed by atoms with Crippen molar-refractivity contribution in [2.45, 2.75) is 37.6 Å². The van der Waals surface area contributed by atoms with E-state index in [9.17, 15) is 4.79 Å². The molecule has 0 saturated carbocycles. The van der Waals surface area contributed by atoms with Gasteiger partial charge < -0.3 is 14.4 Å². The molecule has 0 radical (unpaired) electrons. The summed E-state index contributed by atoms with van der Waals surface area (Å²) in [5, 5.41) is 1.81. The molecule has 25 heavy (non-hydrogen) atoms. The van der Waals surface area contributed by atoms with Crippen LogP contribution < -0.4 is 0 Å². The summed E-state index contributed by atoms with van der Waals surface area (Å²) in [6.07, 6.45) is 2.77. The second-order valence-electron chi connectivity index (χ2n) is 6.69. The van der Waals surface area contributed by atoms with Crippen LogP contribution in [0.25, 0.3) is 0 Å². The maximum absolute atomic E-state index is 12.7. The average Bonchev–Trinajstić information content (AvgIpc) is 3.34. The van der Waals surface area contributed by atoms with Gasteiger partial charge in [0.05, 0.1) is 24.8 Å². The van der Waals surface area contributed by atoms with E-state index in [1.165, 1.54) is 11.3 Å². The van der Waals surface area contributed by atoms with Gasteiger partial charge in [-0.25, -0.2) is 4.98 Å². The molecule has 2 aromatic rings. The van der Waals surface area contributed by atoms with Gasteiger partial charge in [-0.1, -0.05) is 30.3 Å². The molecule has 0 bridgehead atoms. The number of nitrogens with zero attached hydrogens (tertiary/aromatic N) is 2. The Kier molecular flexibility index (Phi) is 4.83. The van der Waals surface area contributed by atoms with Gasteiger partial charge in [-0.05, 0) is 24.8 Å². The number of carbonyl (C=O) groups is 1. The Bertz CT molecular complexity index is 699. The van der Waals surface area contributed by atoms with Crippen LogP contribution in [0.4, 0.5) is 0 Å². The van der Waals surface area contributed by atoms with Gasteiger partial charge in [-0.2, -0.15) is 0 Å². The minimum atomic E-state index is -0.376. The molecular formula is C19H22N2O3S. The Labute approximate surface area is 151 Å². The third-order valence-electron chi connectivity index (χ3n) is 5.07. The zero-order valence-electron chi connectivity index (χ0n) is 14.1. The van der Waals surface area contributed by atoms with Crippen molar-refractivity contribution in [1.82, 2.24) is 9.88 Å². The summed E-state index contributed by atoms with van der Waals surface area (Å²) < 4.78 is 12.4. The van der Waals surface area contributed by atoms with E-state index in [-0.39, 0.29) is 17.6 Å². The van der Waals surface area contributed by atoms with E-state index in [1.807, 2.05) is 28.5 Å². The van der Waals surface area contributed by atoms with E-state index >= 15 is 0 Å². The van der Waals surface area contributed by atoms with Gasteiger partial charge in [0.2, 0.25) is 0 Å². The predicted octanol–water partition coefficient (Wildman–Crippen LogP) is 3.12. The fraction of sp³-hybridized carbons (Fsp3) is 0.474. The molecule has 2 aliphatic heterocycles. The molecule has 2 fully saturated rings. The zero-order chi connectivity index (χ0) is 17.1. The minimum Gasteiger partial charge on any atom is -0.370 e. The molecule has 3 heterocycles. The van der Waals surface area contributed by atoms with Crippen LogP contribution in [0.5, 0.6) is 0 Å². The second-order valence-corrected chi connectivity index (χ2v) is 7.41. The lowest BCUT2D eigenvalue weighted by atomic mass is 9.86. The van der Waals surface area contributed by atoms with Crippen LogP contribution in [-0.2, 0) is 16.1 Å². The van der Waals surface area contributed by atoms with Crippen molar-refractivity contribution in [1.29, 1.82) is 0 Å². The van der Waals surface area contributed by atoms with Gasteiger partial charge in [-0.15, -0.1) is 11.3 Å². The van der Waals surface area contributed by atoms with Crippen LogP contribution in [0, 0.1) is 0 Å². The van der Waals surface area contributed by atoms with Crippen molar-refractivity contribution in [3.63, 3.8) is 0 Å². The van der Waals surface area contributed by atoms with Crippen LogP contribution in [0.3, 0.4) is 0 Å². The number of thiazole rings is 1. The van der Waals surface area contributed by atoms with Crippen LogP contribution in [-0.4, -0.2) is 47.2 Å². The van der Waals surface area contributed by atoms with Crippen molar-refractivity contribution in [3.05, 3.63) is 52.5 Å². The molecule has 1 aromatic heterocycles. The number of hydrogen-bond acceptors (Lipinski definition) is 5. The minimum absolute atomic E-state index is 0.00219. The lowest BCUT2D eigenvalue weighted by Gasteiger charge is -2.45. The van der Waals surface area contributed by atoms with E-state index < -0.39 is 0 Å². The standard InChI is InChI=1S/C19H22N2O3S/c22-18(16-12-25-14-20-16)21-9-7-17(19(13-21)8-4-10-24-19)23-11-15-5-2-1-3-6-15/h1-3,5-6,12,14,17H,4,7-11,13H2/t17-,19-/m0/s1. The maximum atomic E-state index is 12.7. The van der Waals surface area contributed by atoms with Crippen LogP contribution in [0.15, 0.2) is 41.2 Å². The van der Waals surface area contributed by atoms with Gasteiger partial charge in [0.1, 0.15) is 11.3 Å². The van der Waals surface area contributed by atoms with E-state index in [1.54, 1.807) is 5.51 Å². The van der Waals surface area contributed by atoms with Gasteiger partial charge in [-0.3, -0.25) is 4.79 Å². The normalized spacial score (nSPS) is 26.2. The van der Waals surface area contributed by atoms with Gasteiger partial charge >= 0.3 is 0 Å². The number of rotatable bonds is 4. The molecule has 0 N–H and O–H groups in total. The Hall–Kier alpha value is -1.76. The molecule has 2 atom stereocenters. The summed E-state index contributed by atoms with van der Waals surface area (Å²) in [7, 11) is 0. The number of hydrogen-bond donors (Lipinski definition) is 0. The Morgan fingerprint density at radius 1 is 1.40 bits per heavy atom. The molecule has 4 rings (SSSR count). The lowest BCUT2D eigenvalue weighted by molar-refractivity contribution is -0.153. The first-order valence-electron chi connectivity index (χ1n) is 8.74. The summed E-state index contributed by atoms with van der Waals surface area (Å²) >= 11 is 1.45. The van der Waals surface area contributed by atoms with E-state index in [4.69, 9.17) is 9.47 Å². The van der Waals surface area contributed by atoms with Crippen molar-refractivity contribution in [2.24, 2.45) is 0 Å². The molecule has 0 aliphatic carbocycles. The maximum Gasteiger partial charge on any atom is 0.273 e. The van der Waals surface area contributed by atoms with E-state index in [0.29, 0.717) is 25.4 Å². The molecule has 0 unspecified atom stereocenters. The lowest BCUT2D eigenvalue weighted by Crippen LogP contribution is -2.58. The number of aromatic nitrogens is 1. The highest BCUT2D eigenvalue weighted by molar-refractivity contribution is 7.07. The SMILES string of the molecule is O=C(c1cscn1)N1CC[C@H](OCc2ccccc2)[C@]2(CCCO2)C1. The monoisotopic (exact) mass is 358 g/mol. The van der Waals surface area contributed by atoms with Gasteiger partial charge in [0.25, 0.3) is 5.91 Å². The first kappa shape index (κ1) is 16.7. The number of likely N-dealkylation sites (tertiary alicyclic amines) is 1. The molecule has 132 valence electrons. The predicted molar refractivity (Wildman–Crippen MR) is 95.6 cm³/mol. The largest absolute Gasteiger partial charge is 0.370 e. The third-order valence-corrected chi connectivity index (χ3v) is 5.66. The number of carbonyl (C=O) groups excluding carboxylic acids is 1. The molecule has 5 nitrogen and oxygen atoms in total. The van der Waals surface area contributed by atoms with Crippen molar-refractivity contribution >= 4 is 17.2 Å². The van der Waals surface area contributed by atoms with Gasteiger partial charge in [0, 0.05) is 18.5 Å². The number of ether oxygens (including phenoxy) is 2. The number of amides is 1. The van der Waals surface area contributed by atoms with E-state index in [0.717, 1.165) is 31.4 Å². The van der Waals surface area contributed by atoms with E-state index in [2.05, 4.69) is 17.1 Å². The Morgan fingerprint density at radius 2 is 2.28 bits per heavy atom. The number of piperidine rings is 1. The fourth-order valence-corrected chi connectivity index (χ4v) is 4.32. The highest BCUT2D eigenvalue weighted by Gasteiger charge is 2.48. The fourth-order valence-electron chi connectivity index (χ4n) is 3.80. The van der Waals surface area contributed by atoms with Gasteiger partial charge in [0.15, 0.2) is 0 Å². The van der Waals surface area contributed by atoms with Crippen molar-refractivity contribution in [3.8, 4) is 0 Å². The summed E-state index contributed by atoms with van der Waals surface area (Å²) in [5.74, 6) is -0.00219. The van der Waals surface area contributed by atoms with Crippen molar-refractivity contribution in [2.75, 3.05) is 19.7 Å². The molecular weight excluding hydrogens is 336 g/mol. The third kappa shape index (κ3) is 3.47. The zero-order valence-corrected chi connectivity index (χ0v) is 14.9. The molecule has 6 heteroatoms. The smallest absolute Gasteiger partial charge is 0.273 e. The molecule has 1 amide bonds. The quantitative estimate of drug-likeness (QED) is 0.843. The highest BCUT2D eigenvalue weighted by Crippen LogP contribution is 2.37. The van der Waals surface area contributed by atoms with Crippen molar-refractivity contribution < 1.29 is 14.3 Å². The molecule has 2 aliphatic rings. The second kappa shape index (κ2) is 7.23. The summed E-state index contributed by atoms with van der Waals surface area (Å²) in [5.41, 5.74) is 3.02. The average molecular weight is 358 g/mol. The first-order chi connectivity index (χ1) is 12.3. The first-order valence-corrected chi connectivity index (χ1v) is 9.68. The molecule has 1 aromatic carbocycles.